The molecule has 3 aromatic rings. The number of halogens is 2. The number of aryl methyl sites for hydroxylation is 1. The number of ether oxygens (including phenoxy) is 1. The molecule has 0 unspecified atom stereocenters. The Kier molecular flexibility index (Phi) is 7.10. The molecule has 35 heavy (non-hydrogen) atoms. The zero-order chi connectivity index (χ0) is 25.1. The Bertz CT molecular complexity index is 1360. The number of imide groups is 1. The zero-order valence-electron chi connectivity index (χ0n) is 18.9. The van der Waals surface area contributed by atoms with Crippen LogP contribution in [0.3, 0.4) is 0 Å². The quantitative estimate of drug-likeness (QED) is 0.419. The largest absolute Gasteiger partial charge is 0.495 e. The van der Waals surface area contributed by atoms with Crippen LogP contribution >= 0.6 is 23.2 Å². The van der Waals surface area contributed by atoms with E-state index in [9.17, 15) is 14.4 Å². The average molecular weight is 510 g/mol. The van der Waals surface area contributed by atoms with Gasteiger partial charge in [0.2, 0.25) is 0 Å². The fourth-order valence-corrected chi connectivity index (χ4v) is 3.97. The molecule has 0 radical (unpaired) electrons. The summed E-state index contributed by atoms with van der Waals surface area (Å²) in [7, 11) is 1.49. The number of hydrogen-bond donors (Lipinski definition) is 2. The van der Waals surface area contributed by atoms with Crippen LogP contribution in [0.2, 0.25) is 5.02 Å². The topological polar surface area (TPSA) is 87.7 Å². The maximum atomic E-state index is 13.0. The van der Waals surface area contributed by atoms with Crippen molar-refractivity contribution in [1.29, 1.82) is 0 Å². The molecule has 0 aliphatic carbocycles. The Hall–Kier alpha value is -3.81. The summed E-state index contributed by atoms with van der Waals surface area (Å²) in [6.07, 6.45) is 0. The van der Waals surface area contributed by atoms with E-state index in [-0.39, 0.29) is 17.3 Å². The second-order valence-electron chi connectivity index (χ2n) is 7.82. The van der Waals surface area contributed by atoms with E-state index in [4.69, 9.17) is 27.9 Å². The summed E-state index contributed by atoms with van der Waals surface area (Å²) in [6, 6.07) is 19.0. The van der Waals surface area contributed by atoms with Gasteiger partial charge in [-0.25, -0.2) is 0 Å². The van der Waals surface area contributed by atoms with Crippen molar-refractivity contribution in [3.05, 3.63) is 99.2 Å². The number of amides is 3. The summed E-state index contributed by atoms with van der Waals surface area (Å²) < 4.78 is 5.27. The molecule has 0 fully saturated rings. The van der Waals surface area contributed by atoms with E-state index in [2.05, 4.69) is 10.6 Å². The molecule has 178 valence electrons. The molecule has 9 heteroatoms. The van der Waals surface area contributed by atoms with E-state index in [0.717, 1.165) is 16.0 Å². The number of nitrogens with zero attached hydrogens (tertiary/aromatic N) is 1. The van der Waals surface area contributed by atoms with Gasteiger partial charge in [0.25, 0.3) is 17.7 Å². The first-order valence-electron chi connectivity index (χ1n) is 10.6. The number of benzene rings is 3. The van der Waals surface area contributed by atoms with Gasteiger partial charge in [-0.2, -0.15) is 0 Å². The fourth-order valence-electron chi connectivity index (χ4n) is 3.57. The molecule has 1 aliphatic heterocycles. The van der Waals surface area contributed by atoms with Crippen molar-refractivity contribution in [2.75, 3.05) is 17.7 Å². The second kappa shape index (κ2) is 10.2. The Morgan fingerprint density at radius 3 is 2.40 bits per heavy atom. The molecule has 0 aromatic heterocycles. The molecule has 4 rings (SSSR count). The maximum Gasteiger partial charge on any atom is 0.279 e. The highest BCUT2D eigenvalue weighted by atomic mass is 35.5. The Morgan fingerprint density at radius 2 is 1.69 bits per heavy atom. The lowest BCUT2D eigenvalue weighted by Crippen LogP contribution is -2.31. The predicted octanol–water partition coefficient (Wildman–Crippen LogP) is 5.34. The first-order valence-corrected chi connectivity index (χ1v) is 11.4. The van der Waals surface area contributed by atoms with Crippen LogP contribution in [0.5, 0.6) is 5.75 Å². The lowest BCUT2D eigenvalue weighted by molar-refractivity contribution is -0.138. The molecule has 0 atom stereocenters. The summed E-state index contributed by atoms with van der Waals surface area (Å²) in [6.45, 7) is 1.91. The number of methoxy groups -OCH3 is 1. The van der Waals surface area contributed by atoms with Crippen LogP contribution in [0.4, 0.5) is 11.4 Å². The monoisotopic (exact) mass is 509 g/mol. The Balaban J connectivity index is 1.55. The second-order valence-corrected chi connectivity index (χ2v) is 8.64. The highest BCUT2D eigenvalue weighted by Gasteiger charge is 2.38. The van der Waals surface area contributed by atoms with Crippen LogP contribution < -0.4 is 15.4 Å². The van der Waals surface area contributed by atoms with E-state index in [1.54, 1.807) is 36.4 Å². The van der Waals surface area contributed by atoms with Crippen LogP contribution in [0, 0.1) is 6.92 Å². The van der Waals surface area contributed by atoms with Crippen LogP contribution in [-0.4, -0.2) is 29.7 Å². The van der Waals surface area contributed by atoms with Gasteiger partial charge in [-0.15, -0.1) is 0 Å². The van der Waals surface area contributed by atoms with Gasteiger partial charge in [-0.3, -0.25) is 19.3 Å². The molecule has 3 aromatic carbocycles. The number of hydrogen-bond acceptors (Lipinski definition) is 5. The van der Waals surface area contributed by atoms with Crippen LogP contribution in [-0.2, 0) is 16.1 Å². The Morgan fingerprint density at radius 1 is 0.943 bits per heavy atom. The number of carbonyl (C=O) groups excluding carboxylic acids is 3. The molecule has 2 N–H and O–H groups in total. The van der Waals surface area contributed by atoms with Crippen molar-refractivity contribution in [2.45, 2.75) is 13.5 Å². The third kappa shape index (κ3) is 5.16. The van der Waals surface area contributed by atoms with Gasteiger partial charge < -0.3 is 15.4 Å². The lowest BCUT2D eigenvalue weighted by Gasteiger charge is -2.16. The number of anilines is 2. The summed E-state index contributed by atoms with van der Waals surface area (Å²) in [5, 5.41) is 5.97. The van der Waals surface area contributed by atoms with Crippen molar-refractivity contribution in [3.63, 3.8) is 0 Å². The minimum Gasteiger partial charge on any atom is -0.495 e. The molecule has 3 amide bonds. The van der Waals surface area contributed by atoms with Gasteiger partial charge in [0, 0.05) is 16.3 Å². The summed E-state index contributed by atoms with van der Waals surface area (Å²) in [4.78, 5) is 39.7. The summed E-state index contributed by atoms with van der Waals surface area (Å²) in [5.74, 6) is -1.07. The molecular formula is C26H21Cl2N3O4. The molecule has 1 heterocycles. The van der Waals surface area contributed by atoms with Gasteiger partial charge in [0.15, 0.2) is 0 Å². The molecule has 7 nitrogen and oxygen atoms in total. The first kappa shape index (κ1) is 24.3. The standard InChI is InChI=1S/C26H21Cl2N3O4/c1-15-8-9-17(24(32)30-20-13-18(27)10-11-21(20)35-2)12-19(15)29-23-22(28)25(33)31(26(23)34)14-16-6-4-3-5-7-16/h3-13,29H,14H2,1-2H3,(H,30,32). The summed E-state index contributed by atoms with van der Waals surface area (Å²) >= 11 is 12.3. The van der Waals surface area contributed by atoms with Gasteiger partial charge >= 0.3 is 0 Å². The van der Waals surface area contributed by atoms with E-state index in [0.29, 0.717) is 27.7 Å². The van der Waals surface area contributed by atoms with Gasteiger partial charge in [0.1, 0.15) is 16.5 Å². The van der Waals surface area contributed by atoms with Gasteiger partial charge in [-0.05, 0) is 48.4 Å². The van der Waals surface area contributed by atoms with E-state index in [1.807, 2.05) is 37.3 Å². The molecule has 0 bridgehead atoms. The first-order chi connectivity index (χ1) is 16.8. The maximum absolute atomic E-state index is 13.0. The molecule has 0 saturated heterocycles. The van der Waals surface area contributed by atoms with Crippen molar-refractivity contribution in [3.8, 4) is 5.75 Å². The van der Waals surface area contributed by atoms with Crippen LogP contribution in [0.25, 0.3) is 0 Å². The van der Waals surface area contributed by atoms with Gasteiger partial charge in [0.05, 0.1) is 19.3 Å². The van der Waals surface area contributed by atoms with Crippen molar-refractivity contribution in [1.82, 2.24) is 4.90 Å². The highest BCUT2D eigenvalue weighted by molar-refractivity contribution is 6.48. The van der Waals surface area contributed by atoms with E-state index >= 15 is 0 Å². The smallest absolute Gasteiger partial charge is 0.279 e. The lowest BCUT2D eigenvalue weighted by atomic mass is 10.1. The predicted molar refractivity (Wildman–Crippen MR) is 136 cm³/mol. The number of carbonyl (C=O) groups is 3. The molecule has 1 aliphatic rings. The highest BCUT2D eigenvalue weighted by Crippen LogP contribution is 2.30. The van der Waals surface area contributed by atoms with E-state index < -0.39 is 17.7 Å². The van der Waals surface area contributed by atoms with Crippen molar-refractivity contribution < 1.29 is 19.1 Å². The van der Waals surface area contributed by atoms with Gasteiger partial charge in [-0.1, -0.05) is 59.6 Å². The van der Waals surface area contributed by atoms with E-state index in [1.165, 1.54) is 7.11 Å². The SMILES string of the molecule is COc1ccc(Cl)cc1NC(=O)c1ccc(C)c(NC2=C(Cl)C(=O)N(Cc3ccccc3)C2=O)c1. The third-order valence-electron chi connectivity index (χ3n) is 5.46. The molecule has 0 saturated carbocycles. The fraction of sp³-hybridized carbons (Fsp3) is 0.115. The number of rotatable bonds is 7. The zero-order valence-corrected chi connectivity index (χ0v) is 20.4. The number of nitrogens with one attached hydrogen (secondary N) is 2. The van der Waals surface area contributed by atoms with Crippen LogP contribution in [0.15, 0.2) is 77.5 Å². The Labute approximate surface area is 212 Å². The minimum atomic E-state index is -0.581. The van der Waals surface area contributed by atoms with Crippen molar-refractivity contribution in [2.24, 2.45) is 0 Å². The average Bonchev–Trinajstić information content (AvgIpc) is 3.04. The molecule has 0 spiro atoms. The van der Waals surface area contributed by atoms with Crippen LogP contribution in [0.1, 0.15) is 21.5 Å². The normalized spacial score (nSPS) is 13.3. The summed E-state index contributed by atoms with van der Waals surface area (Å²) in [5.41, 5.74) is 2.71. The minimum absolute atomic E-state index is 0.0373. The third-order valence-corrected chi connectivity index (χ3v) is 6.05. The van der Waals surface area contributed by atoms with Crippen molar-refractivity contribution >= 4 is 52.3 Å². The molecular weight excluding hydrogens is 489 g/mol.